The minimum atomic E-state index is -0.0791. The normalized spacial score (nSPS) is 21.5. The van der Waals surface area contributed by atoms with E-state index in [4.69, 9.17) is 4.74 Å². The molecule has 1 rings (SSSR count). The lowest BCUT2D eigenvalue weighted by Gasteiger charge is -2.31. The lowest BCUT2D eigenvalue weighted by molar-refractivity contribution is -0.140. The summed E-state index contributed by atoms with van der Waals surface area (Å²) in [5.74, 6) is -0.0791. The Labute approximate surface area is 168 Å². The number of unbranched alkanes of at least 4 members (excludes halogenated alkanes) is 10. The van der Waals surface area contributed by atoms with E-state index in [2.05, 4.69) is 30.8 Å². The van der Waals surface area contributed by atoms with Crippen molar-refractivity contribution < 1.29 is 14.3 Å². The van der Waals surface area contributed by atoms with Crippen molar-refractivity contribution in [3.8, 4) is 0 Å². The van der Waals surface area contributed by atoms with Gasteiger partial charge in [0.2, 0.25) is 0 Å². The smallest absolute Gasteiger partial charge is 0.305 e. The standard InChI is InChI=1S/C23H45NO3/c1-5-6-7-15-18-23(24-22(2,3)20-27-23)19-16-13-11-9-8-10-12-14-17-21(25)26-4/h24H,5-20H2,1-4H3. The van der Waals surface area contributed by atoms with E-state index in [1.165, 1.54) is 71.3 Å². The number of carbonyl (C=O) groups excluding carboxylic acids is 1. The Morgan fingerprint density at radius 2 is 1.41 bits per heavy atom. The van der Waals surface area contributed by atoms with Gasteiger partial charge in [-0.2, -0.15) is 0 Å². The number of ether oxygens (including phenoxy) is 2. The van der Waals surface area contributed by atoms with E-state index in [0.29, 0.717) is 6.42 Å². The molecule has 0 aromatic rings. The van der Waals surface area contributed by atoms with Gasteiger partial charge in [0, 0.05) is 12.0 Å². The van der Waals surface area contributed by atoms with Gasteiger partial charge in [-0.15, -0.1) is 0 Å². The monoisotopic (exact) mass is 383 g/mol. The van der Waals surface area contributed by atoms with E-state index in [-0.39, 0.29) is 17.2 Å². The molecule has 1 heterocycles. The molecule has 27 heavy (non-hydrogen) atoms. The second-order valence-electron chi connectivity index (χ2n) is 9.01. The van der Waals surface area contributed by atoms with Crippen LogP contribution in [0.15, 0.2) is 0 Å². The van der Waals surface area contributed by atoms with Crippen LogP contribution < -0.4 is 5.32 Å². The Hall–Kier alpha value is -0.610. The number of hydrogen-bond acceptors (Lipinski definition) is 4. The Morgan fingerprint density at radius 3 is 1.89 bits per heavy atom. The third-order valence-electron chi connectivity index (χ3n) is 5.65. The Morgan fingerprint density at radius 1 is 0.889 bits per heavy atom. The maximum atomic E-state index is 11.1. The van der Waals surface area contributed by atoms with Crippen LogP contribution in [0.1, 0.15) is 117 Å². The van der Waals surface area contributed by atoms with Crippen molar-refractivity contribution in [3.05, 3.63) is 0 Å². The lowest BCUT2D eigenvalue weighted by Crippen LogP contribution is -2.48. The maximum Gasteiger partial charge on any atom is 0.305 e. The highest BCUT2D eigenvalue weighted by Crippen LogP contribution is 2.32. The first-order chi connectivity index (χ1) is 12.9. The van der Waals surface area contributed by atoms with Crippen LogP contribution in [-0.4, -0.2) is 30.9 Å². The fraction of sp³-hybridized carbons (Fsp3) is 0.957. The zero-order chi connectivity index (χ0) is 20.0. The van der Waals surface area contributed by atoms with E-state index in [9.17, 15) is 4.79 Å². The van der Waals surface area contributed by atoms with Crippen LogP contribution in [0.3, 0.4) is 0 Å². The van der Waals surface area contributed by atoms with Gasteiger partial charge in [0.05, 0.1) is 13.7 Å². The molecular weight excluding hydrogens is 338 g/mol. The van der Waals surface area contributed by atoms with Crippen LogP contribution in [0.4, 0.5) is 0 Å². The molecule has 1 saturated heterocycles. The van der Waals surface area contributed by atoms with E-state index in [1.54, 1.807) is 0 Å². The molecule has 1 N–H and O–H groups in total. The molecule has 160 valence electrons. The maximum absolute atomic E-state index is 11.1. The fourth-order valence-corrected chi connectivity index (χ4v) is 4.08. The summed E-state index contributed by atoms with van der Waals surface area (Å²) < 4.78 is 11.0. The summed E-state index contributed by atoms with van der Waals surface area (Å²) in [6, 6.07) is 0. The number of methoxy groups -OCH3 is 1. The minimum absolute atomic E-state index is 0.0782. The molecule has 0 radical (unpaired) electrons. The number of esters is 1. The van der Waals surface area contributed by atoms with Crippen LogP contribution >= 0.6 is 0 Å². The third-order valence-corrected chi connectivity index (χ3v) is 5.65. The first-order valence-electron chi connectivity index (χ1n) is 11.4. The summed E-state index contributed by atoms with van der Waals surface area (Å²) in [5, 5.41) is 3.80. The van der Waals surface area contributed by atoms with Gasteiger partial charge in [0.15, 0.2) is 0 Å². The van der Waals surface area contributed by atoms with Gasteiger partial charge in [0.1, 0.15) is 5.72 Å². The second kappa shape index (κ2) is 13.5. The van der Waals surface area contributed by atoms with Gasteiger partial charge in [-0.25, -0.2) is 0 Å². The van der Waals surface area contributed by atoms with Gasteiger partial charge in [0.25, 0.3) is 0 Å². The molecule has 0 aromatic heterocycles. The highest BCUT2D eigenvalue weighted by Gasteiger charge is 2.42. The van der Waals surface area contributed by atoms with E-state index in [1.807, 2.05) is 0 Å². The van der Waals surface area contributed by atoms with Crippen molar-refractivity contribution in [1.82, 2.24) is 5.32 Å². The van der Waals surface area contributed by atoms with E-state index >= 15 is 0 Å². The molecule has 0 aromatic carbocycles. The van der Waals surface area contributed by atoms with Crippen molar-refractivity contribution in [3.63, 3.8) is 0 Å². The summed E-state index contributed by atoms with van der Waals surface area (Å²) in [6.45, 7) is 7.59. The van der Waals surface area contributed by atoms with Gasteiger partial charge in [-0.05, 0) is 46.0 Å². The van der Waals surface area contributed by atoms with E-state index in [0.717, 1.165) is 32.3 Å². The molecule has 1 atom stereocenters. The fourth-order valence-electron chi connectivity index (χ4n) is 4.08. The van der Waals surface area contributed by atoms with Crippen molar-refractivity contribution in [1.29, 1.82) is 0 Å². The SMILES string of the molecule is CCCCCCC1(CCCCCCCCCCC(=O)OC)NC(C)(C)CO1. The van der Waals surface area contributed by atoms with Gasteiger partial charge in [-0.3, -0.25) is 10.1 Å². The average molecular weight is 384 g/mol. The highest BCUT2D eigenvalue weighted by atomic mass is 16.5. The van der Waals surface area contributed by atoms with Crippen LogP contribution in [0, 0.1) is 0 Å². The zero-order valence-electron chi connectivity index (χ0n) is 18.5. The summed E-state index contributed by atoms with van der Waals surface area (Å²) in [7, 11) is 1.46. The number of rotatable bonds is 16. The van der Waals surface area contributed by atoms with Crippen molar-refractivity contribution in [2.45, 2.75) is 128 Å². The first-order valence-corrected chi connectivity index (χ1v) is 11.4. The Kier molecular flexibility index (Phi) is 12.3. The second-order valence-corrected chi connectivity index (χ2v) is 9.01. The molecule has 1 aliphatic rings. The number of nitrogens with one attached hydrogen (secondary N) is 1. The molecule has 0 spiro atoms. The minimum Gasteiger partial charge on any atom is -0.469 e. The molecule has 0 bridgehead atoms. The molecule has 4 heteroatoms. The Balaban J connectivity index is 2.11. The molecule has 1 unspecified atom stereocenters. The predicted octanol–water partition coefficient (Wildman–Crippen LogP) is 6.13. The van der Waals surface area contributed by atoms with E-state index < -0.39 is 0 Å². The number of carbonyl (C=O) groups is 1. The highest BCUT2D eigenvalue weighted by molar-refractivity contribution is 5.68. The summed E-state index contributed by atoms with van der Waals surface area (Å²) in [4.78, 5) is 11.1. The van der Waals surface area contributed by atoms with Crippen LogP contribution in [-0.2, 0) is 14.3 Å². The van der Waals surface area contributed by atoms with Crippen molar-refractivity contribution in [2.75, 3.05) is 13.7 Å². The largest absolute Gasteiger partial charge is 0.469 e. The molecule has 0 saturated carbocycles. The first kappa shape index (κ1) is 24.4. The number of hydrogen-bond donors (Lipinski definition) is 1. The van der Waals surface area contributed by atoms with Gasteiger partial charge < -0.3 is 9.47 Å². The predicted molar refractivity (Wildman–Crippen MR) is 113 cm³/mol. The Bertz CT molecular complexity index is 397. The molecular formula is C23H45NO3. The lowest BCUT2D eigenvalue weighted by atomic mass is 9.95. The molecule has 4 nitrogen and oxygen atoms in total. The van der Waals surface area contributed by atoms with Gasteiger partial charge in [-0.1, -0.05) is 64.7 Å². The van der Waals surface area contributed by atoms with Crippen molar-refractivity contribution >= 4 is 5.97 Å². The molecule has 0 amide bonds. The topological polar surface area (TPSA) is 47.6 Å². The third kappa shape index (κ3) is 11.1. The summed E-state index contributed by atoms with van der Waals surface area (Å²) >= 11 is 0. The summed E-state index contributed by atoms with van der Waals surface area (Å²) in [6.07, 6.45) is 17.9. The quantitative estimate of drug-likeness (QED) is 0.257. The zero-order valence-corrected chi connectivity index (χ0v) is 18.5. The van der Waals surface area contributed by atoms with Crippen LogP contribution in [0.5, 0.6) is 0 Å². The van der Waals surface area contributed by atoms with Gasteiger partial charge >= 0.3 is 5.97 Å². The van der Waals surface area contributed by atoms with Crippen molar-refractivity contribution in [2.24, 2.45) is 0 Å². The van der Waals surface area contributed by atoms with Crippen LogP contribution in [0.25, 0.3) is 0 Å². The molecule has 0 aliphatic carbocycles. The molecule has 1 aliphatic heterocycles. The molecule has 1 fully saturated rings. The average Bonchev–Trinajstić information content (AvgIpc) is 2.95. The summed E-state index contributed by atoms with van der Waals surface area (Å²) in [5.41, 5.74) is 0.0279. The van der Waals surface area contributed by atoms with Crippen LogP contribution in [0.2, 0.25) is 0 Å².